The fraction of sp³-hybridized carbons (Fsp3) is 0.400. The standard InChI is InChI=1S/C10H13N3O2S/c1-7-5-13-6-8(12-10(13)16-7)9(14)11-3-4-15-2/h5-6H,3-4H2,1-2H3,(H,11,14). The number of aromatic nitrogens is 2. The maximum atomic E-state index is 11.6. The second-order valence-corrected chi connectivity index (χ2v) is 4.62. The van der Waals surface area contributed by atoms with Crippen LogP contribution in [0.3, 0.4) is 0 Å². The average molecular weight is 239 g/mol. The van der Waals surface area contributed by atoms with E-state index in [1.165, 1.54) is 4.88 Å². The van der Waals surface area contributed by atoms with E-state index < -0.39 is 0 Å². The third kappa shape index (κ3) is 2.23. The summed E-state index contributed by atoms with van der Waals surface area (Å²) in [5.41, 5.74) is 0.447. The van der Waals surface area contributed by atoms with Crippen LogP contribution in [0.15, 0.2) is 12.4 Å². The number of fused-ring (bicyclic) bond motifs is 1. The second-order valence-electron chi connectivity index (χ2n) is 3.41. The number of nitrogens with one attached hydrogen (secondary N) is 1. The van der Waals surface area contributed by atoms with Crippen LogP contribution in [0.5, 0.6) is 0 Å². The SMILES string of the molecule is COCCNC(=O)c1cn2cc(C)sc2n1. The summed E-state index contributed by atoms with van der Waals surface area (Å²) < 4.78 is 6.72. The van der Waals surface area contributed by atoms with Crippen molar-refractivity contribution in [2.24, 2.45) is 0 Å². The third-order valence-corrected chi connectivity index (χ3v) is 3.01. The highest BCUT2D eigenvalue weighted by molar-refractivity contribution is 7.17. The van der Waals surface area contributed by atoms with Crippen LogP contribution in [0.4, 0.5) is 0 Å². The first-order chi connectivity index (χ1) is 7.70. The topological polar surface area (TPSA) is 55.6 Å². The summed E-state index contributed by atoms with van der Waals surface area (Å²) in [5, 5.41) is 2.73. The Morgan fingerprint density at radius 2 is 2.44 bits per heavy atom. The summed E-state index contributed by atoms with van der Waals surface area (Å²) in [6.45, 7) is 3.02. The van der Waals surface area contributed by atoms with E-state index >= 15 is 0 Å². The van der Waals surface area contributed by atoms with Crippen molar-refractivity contribution in [2.75, 3.05) is 20.3 Å². The van der Waals surface area contributed by atoms with E-state index in [0.29, 0.717) is 18.8 Å². The van der Waals surface area contributed by atoms with Crippen molar-refractivity contribution in [3.8, 4) is 0 Å². The first kappa shape index (κ1) is 11.1. The van der Waals surface area contributed by atoms with Crippen molar-refractivity contribution in [2.45, 2.75) is 6.92 Å². The summed E-state index contributed by atoms with van der Waals surface area (Å²) >= 11 is 1.57. The van der Waals surface area contributed by atoms with Gasteiger partial charge in [0.05, 0.1) is 6.61 Å². The van der Waals surface area contributed by atoms with Crippen LogP contribution < -0.4 is 5.32 Å². The van der Waals surface area contributed by atoms with Gasteiger partial charge in [0.1, 0.15) is 5.69 Å². The molecule has 0 atom stereocenters. The van der Waals surface area contributed by atoms with Crippen molar-refractivity contribution in [3.63, 3.8) is 0 Å². The van der Waals surface area contributed by atoms with Gasteiger partial charge in [0.2, 0.25) is 0 Å². The fourth-order valence-electron chi connectivity index (χ4n) is 1.38. The van der Waals surface area contributed by atoms with Crippen molar-refractivity contribution in [1.82, 2.24) is 14.7 Å². The first-order valence-electron chi connectivity index (χ1n) is 4.93. The highest BCUT2D eigenvalue weighted by atomic mass is 32.1. The van der Waals surface area contributed by atoms with Gasteiger partial charge in [0.15, 0.2) is 4.96 Å². The lowest BCUT2D eigenvalue weighted by molar-refractivity contribution is 0.0933. The van der Waals surface area contributed by atoms with E-state index in [9.17, 15) is 4.79 Å². The van der Waals surface area contributed by atoms with Gasteiger partial charge in [-0.25, -0.2) is 4.98 Å². The third-order valence-electron chi connectivity index (χ3n) is 2.10. The molecule has 2 heterocycles. The summed E-state index contributed by atoms with van der Waals surface area (Å²) in [7, 11) is 1.60. The van der Waals surface area contributed by atoms with E-state index in [2.05, 4.69) is 10.3 Å². The molecule has 1 N–H and O–H groups in total. The number of imidazole rings is 1. The van der Waals surface area contributed by atoms with Crippen molar-refractivity contribution in [1.29, 1.82) is 0 Å². The average Bonchev–Trinajstić information content (AvgIpc) is 2.74. The van der Waals surface area contributed by atoms with Gasteiger partial charge in [-0.1, -0.05) is 0 Å². The number of ether oxygens (including phenoxy) is 1. The molecule has 0 aromatic carbocycles. The highest BCUT2D eigenvalue weighted by Crippen LogP contribution is 2.16. The van der Waals surface area contributed by atoms with Gasteiger partial charge in [0, 0.05) is 30.9 Å². The Hall–Kier alpha value is -1.40. The Morgan fingerprint density at radius 3 is 3.12 bits per heavy atom. The van der Waals surface area contributed by atoms with Crippen LogP contribution in [-0.4, -0.2) is 35.6 Å². The Morgan fingerprint density at radius 1 is 1.62 bits per heavy atom. The minimum atomic E-state index is -0.161. The zero-order valence-electron chi connectivity index (χ0n) is 9.19. The Balaban J connectivity index is 2.08. The van der Waals surface area contributed by atoms with Gasteiger partial charge in [-0.15, -0.1) is 11.3 Å². The number of nitrogens with zero attached hydrogens (tertiary/aromatic N) is 2. The van der Waals surface area contributed by atoms with Crippen LogP contribution in [0.25, 0.3) is 4.96 Å². The summed E-state index contributed by atoms with van der Waals surface area (Å²) in [6.07, 6.45) is 3.69. The van der Waals surface area contributed by atoms with E-state index in [4.69, 9.17) is 4.74 Å². The zero-order chi connectivity index (χ0) is 11.5. The van der Waals surface area contributed by atoms with Gasteiger partial charge in [-0.3, -0.25) is 9.20 Å². The Bertz CT molecular complexity index is 472. The molecule has 0 saturated heterocycles. The van der Waals surface area contributed by atoms with Gasteiger partial charge < -0.3 is 10.1 Å². The number of thiazole rings is 1. The van der Waals surface area contributed by atoms with Crippen LogP contribution in [0.2, 0.25) is 0 Å². The number of hydrogen-bond acceptors (Lipinski definition) is 4. The lowest BCUT2D eigenvalue weighted by atomic mass is 10.4. The zero-order valence-corrected chi connectivity index (χ0v) is 10.0. The highest BCUT2D eigenvalue weighted by Gasteiger charge is 2.11. The number of rotatable bonds is 4. The molecule has 5 nitrogen and oxygen atoms in total. The molecule has 1 amide bonds. The Kier molecular flexibility index (Phi) is 3.21. The molecule has 0 unspecified atom stereocenters. The largest absolute Gasteiger partial charge is 0.383 e. The summed E-state index contributed by atoms with van der Waals surface area (Å²) in [6, 6.07) is 0. The molecule has 0 aliphatic heterocycles. The molecular weight excluding hydrogens is 226 g/mol. The van der Waals surface area contributed by atoms with Gasteiger partial charge in [0.25, 0.3) is 5.91 Å². The lowest BCUT2D eigenvalue weighted by Gasteiger charge is -2.00. The van der Waals surface area contributed by atoms with Crippen LogP contribution in [0.1, 0.15) is 15.4 Å². The molecule has 86 valence electrons. The molecule has 0 bridgehead atoms. The predicted octanol–water partition coefficient (Wildman–Crippen LogP) is 1.08. The van der Waals surface area contributed by atoms with Crippen LogP contribution in [-0.2, 0) is 4.74 Å². The molecule has 2 aromatic heterocycles. The van der Waals surface area contributed by atoms with Gasteiger partial charge in [-0.05, 0) is 6.92 Å². The predicted molar refractivity (Wildman–Crippen MR) is 62.0 cm³/mol. The van der Waals surface area contributed by atoms with E-state index in [-0.39, 0.29) is 5.91 Å². The van der Waals surface area contributed by atoms with Crippen LogP contribution >= 0.6 is 11.3 Å². The number of methoxy groups -OCH3 is 1. The van der Waals surface area contributed by atoms with Crippen molar-refractivity contribution in [3.05, 3.63) is 23.0 Å². The molecule has 2 rings (SSSR count). The molecule has 0 spiro atoms. The lowest BCUT2D eigenvalue weighted by Crippen LogP contribution is -2.27. The molecule has 0 radical (unpaired) electrons. The first-order valence-corrected chi connectivity index (χ1v) is 5.74. The van der Waals surface area contributed by atoms with E-state index in [1.54, 1.807) is 24.6 Å². The molecule has 0 aliphatic carbocycles. The number of aryl methyl sites for hydroxylation is 1. The Labute approximate surface area is 97.1 Å². The van der Waals surface area contributed by atoms with E-state index in [0.717, 1.165) is 4.96 Å². The second kappa shape index (κ2) is 4.63. The monoisotopic (exact) mass is 239 g/mol. The maximum Gasteiger partial charge on any atom is 0.271 e. The number of carbonyl (C=O) groups is 1. The number of hydrogen-bond donors (Lipinski definition) is 1. The van der Waals surface area contributed by atoms with Crippen LogP contribution in [0, 0.1) is 6.92 Å². The maximum absolute atomic E-state index is 11.6. The summed E-state index contributed by atoms with van der Waals surface area (Å²) in [5.74, 6) is -0.161. The molecule has 16 heavy (non-hydrogen) atoms. The molecular formula is C10H13N3O2S. The minimum Gasteiger partial charge on any atom is -0.383 e. The molecule has 6 heteroatoms. The molecule has 0 aliphatic rings. The number of amides is 1. The molecule has 0 fully saturated rings. The minimum absolute atomic E-state index is 0.161. The molecule has 2 aromatic rings. The molecule has 0 saturated carbocycles. The quantitative estimate of drug-likeness (QED) is 0.812. The number of carbonyl (C=O) groups excluding carboxylic acids is 1. The summed E-state index contributed by atoms with van der Waals surface area (Å²) in [4.78, 5) is 17.9. The smallest absolute Gasteiger partial charge is 0.271 e. The normalized spacial score (nSPS) is 10.9. The van der Waals surface area contributed by atoms with E-state index in [1.807, 2.05) is 17.5 Å². The van der Waals surface area contributed by atoms with Gasteiger partial charge >= 0.3 is 0 Å². The van der Waals surface area contributed by atoms with Crippen molar-refractivity contribution >= 4 is 22.2 Å². The van der Waals surface area contributed by atoms with Gasteiger partial charge in [-0.2, -0.15) is 0 Å². The van der Waals surface area contributed by atoms with Crippen molar-refractivity contribution < 1.29 is 9.53 Å². The fourth-order valence-corrected chi connectivity index (χ4v) is 2.19.